The van der Waals surface area contributed by atoms with Gasteiger partial charge in [-0.05, 0) is 37.5 Å². The van der Waals surface area contributed by atoms with Gasteiger partial charge in [-0.2, -0.15) is 8.42 Å². The van der Waals surface area contributed by atoms with Gasteiger partial charge in [0.25, 0.3) is 10.1 Å². The Bertz CT molecular complexity index is 280. The van der Waals surface area contributed by atoms with Crippen LogP contribution in [0.25, 0.3) is 0 Å². The molecule has 0 radical (unpaired) electrons. The third-order valence-corrected chi connectivity index (χ3v) is 3.56. The summed E-state index contributed by atoms with van der Waals surface area (Å²) in [5.74, 6) is 1.85. The van der Waals surface area contributed by atoms with Crippen LogP contribution in [0.5, 0.6) is 0 Å². The first-order valence-corrected chi connectivity index (χ1v) is 6.75. The molecule has 0 amide bonds. The summed E-state index contributed by atoms with van der Waals surface area (Å²) >= 11 is 0. The highest BCUT2D eigenvalue weighted by Crippen LogP contribution is 2.38. The zero-order chi connectivity index (χ0) is 10.6. The number of rotatable bonds is 2. The standard InChI is InChI=1S/C7H10.C3H8O3S/c1-2-7-4-3-6(1)5-7;1-2-3-7(4,5)6/h1-2,6-7H,3-5H2;2-3H2,1H3,(H,4,5,6). The highest BCUT2D eigenvalue weighted by atomic mass is 32.2. The van der Waals surface area contributed by atoms with E-state index in [0.717, 1.165) is 11.8 Å². The van der Waals surface area contributed by atoms with Crippen molar-refractivity contribution < 1.29 is 13.0 Å². The first kappa shape index (κ1) is 11.7. The van der Waals surface area contributed by atoms with E-state index in [4.69, 9.17) is 4.55 Å². The van der Waals surface area contributed by atoms with Crippen molar-refractivity contribution >= 4 is 10.1 Å². The van der Waals surface area contributed by atoms with E-state index in [0.29, 0.717) is 6.42 Å². The second kappa shape index (κ2) is 4.94. The summed E-state index contributed by atoms with van der Waals surface area (Å²) in [7, 11) is -3.67. The van der Waals surface area contributed by atoms with Crippen molar-refractivity contribution in [3.8, 4) is 0 Å². The maximum Gasteiger partial charge on any atom is 0.264 e. The van der Waals surface area contributed by atoms with Crippen molar-refractivity contribution in [2.45, 2.75) is 32.6 Å². The molecule has 82 valence electrons. The summed E-state index contributed by atoms with van der Waals surface area (Å²) in [4.78, 5) is 0. The molecule has 0 heterocycles. The molecule has 0 saturated heterocycles. The molecular weight excluding hydrogens is 200 g/mol. The van der Waals surface area contributed by atoms with Gasteiger partial charge in [0.15, 0.2) is 0 Å². The highest BCUT2D eigenvalue weighted by molar-refractivity contribution is 7.85. The average Bonchev–Trinajstić information content (AvgIpc) is 2.64. The Hall–Kier alpha value is -0.350. The minimum Gasteiger partial charge on any atom is -0.286 e. The maximum absolute atomic E-state index is 9.79. The molecule has 0 aromatic carbocycles. The molecule has 3 nitrogen and oxygen atoms in total. The third kappa shape index (κ3) is 4.24. The summed E-state index contributed by atoms with van der Waals surface area (Å²) in [6.07, 6.45) is 9.66. The van der Waals surface area contributed by atoms with Gasteiger partial charge in [-0.15, -0.1) is 0 Å². The number of fused-ring (bicyclic) bond motifs is 2. The Morgan fingerprint density at radius 3 is 1.86 bits per heavy atom. The van der Waals surface area contributed by atoms with Crippen molar-refractivity contribution in [2.24, 2.45) is 11.8 Å². The van der Waals surface area contributed by atoms with Gasteiger partial charge < -0.3 is 0 Å². The van der Waals surface area contributed by atoms with E-state index in [1.165, 1.54) is 19.3 Å². The molecular formula is C10H18O3S. The van der Waals surface area contributed by atoms with Crippen LogP contribution in [0.2, 0.25) is 0 Å². The smallest absolute Gasteiger partial charge is 0.264 e. The molecule has 2 atom stereocenters. The Morgan fingerprint density at radius 1 is 1.29 bits per heavy atom. The van der Waals surface area contributed by atoms with Gasteiger partial charge in [-0.25, -0.2) is 0 Å². The van der Waals surface area contributed by atoms with Gasteiger partial charge in [0.05, 0.1) is 5.75 Å². The fourth-order valence-corrected chi connectivity index (χ4v) is 2.49. The van der Waals surface area contributed by atoms with Gasteiger partial charge in [-0.3, -0.25) is 4.55 Å². The molecule has 14 heavy (non-hydrogen) atoms. The van der Waals surface area contributed by atoms with Gasteiger partial charge >= 0.3 is 0 Å². The summed E-state index contributed by atoms with van der Waals surface area (Å²) < 4.78 is 27.6. The molecule has 1 saturated carbocycles. The lowest BCUT2D eigenvalue weighted by atomic mass is 10.1. The van der Waals surface area contributed by atoms with Crippen LogP contribution in [0.4, 0.5) is 0 Å². The lowest BCUT2D eigenvalue weighted by Gasteiger charge is -1.96. The molecule has 2 unspecified atom stereocenters. The summed E-state index contributed by atoms with van der Waals surface area (Å²) in [5, 5.41) is 0. The maximum atomic E-state index is 9.79. The van der Waals surface area contributed by atoms with Crippen molar-refractivity contribution in [3.63, 3.8) is 0 Å². The Kier molecular flexibility index (Phi) is 4.13. The molecule has 0 aliphatic heterocycles. The highest BCUT2D eigenvalue weighted by Gasteiger charge is 2.25. The van der Waals surface area contributed by atoms with E-state index in [1.807, 2.05) is 0 Å². The van der Waals surface area contributed by atoms with Crippen LogP contribution < -0.4 is 0 Å². The Morgan fingerprint density at radius 2 is 1.79 bits per heavy atom. The van der Waals surface area contributed by atoms with E-state index in [1.54, 1.807) is 6.92 Å². The molecule has 2 aliphatic rings. The topological polar surface area (TPSA) is 54.4 Å². The Labute approximate surface area is 86.0 Å². The normalized spacial score (nSPS) is 28.7. The van der Waals surface area contributed by atoms with Crippen LogP contribution in [0, 0.1) is 11.8 Å². The summed E-state index contributed by atoms with van der Waals surface area (Å²) in [5.41, 5.74) is 0. The second-order valence-corrected chi connectivity index (χ2v) is 5.58. The third-order valence-electron chi connectivity index (χ3n) is 2.63. The van der Waals surface area contributed by atoms with Gasteiger partial charge in [0.1, 0.15) is 0 Å². The predicted octanol–water partition coefficient (Wildman–Crippen LogP) is 2.26. The number of allylic oxidation sites excluding steroid dienone is 2. The van der Waals surface area contributed by atoms with Crippen LogP contribution >= 0.6 is 0 Å². The van der Waals surface area contributed by atoms with Crippen LogP contribution in [-0.4, -0.2) is 18.7 Å². The minimum atomic E-state index is -3.67. The average molecular weight is 218 g/mol. The summed E-state index contributed by atoms with van der Waals surface area (Å²) in [6, 6.07) is 0. The molecule has 1 fully saturated rings. The fraction of sp³-hybridized carbons (Fsp3) is 0.800. The zero-order valence-electron chi connectivity index (χ0n) is 8.52. The van der Waals surface area contributed by atoms with Crippen molar-refractivity contribution in [2.75, 3.05) is 5.75 Å². The predicted molar refractivity (Wildman–Crippen MR) is 56.7 cm³/mol. The molecule has 4 heteroatoms. The van der Waals surface area contributed by atoms with Gasteiger partial charge in [-0.1, -0.05) is 19.1 Å². The van der Waals surface area contributed by atoms with Crippen molar-refractivity contribution in [1.82, 2.24) is 0 Å². The second-order valence-electron chi connectivity index (χ2n) is 4.00. The van der Waals surface area contributed by atoms with Gasteiger partial charge in [0.2, 0.25) is 0 Å². The van der Waals surface area contributed by atoms with Crippen molar-refractivity contribution in [1.29, 1.82) is 0 Å². The van der Waals surface area contributed by atoms with E-state index < -0.39 is 10.1 Å². The van der Waals surface area contributed by atoms with E-state index in [-0.39, 0.29) is 5.75 Å². The molecule has 0 aromatic rings. The van der Waals surface area contributed by atoms with Gasteiger partial charge in [0, 0.05) is 0 Å². The van der Waals surface area contributed by atoms with Crippen LogP contribution in [-0.2, 0) is 10.1 Å². The fourth-order valence-electron chi connectivity index (χ4n) is 1.97. The molecule has 2 bridgehead atoms. The largest absolute Gasteiger partial charge is 0.286 e. The lowest BCUT2D eigenvalue weighted by Crippen LogP contribution is -2.01. The van der Waals surface area contributed by atoms with E-state index in [9.17, 15) is 8.42 Å². The first-order valence-electron chi connectivity index (χ1n) is 5.14. The van der Waals surface area contributed by atoms with Crippen LogP contribution in [0.15, 0.2) is 12.2 Å². The first-order chi connectivity index (χ1) is 6.51. The lowest BCUT2D eigenvalue weighted by molar-refractivity contribution is 0.482. The minimum absolute atomic E-state index is 0.132. The van der Waals surface area contributed by atoms with E-state index >= 15 is 0 Å². The van der Waals surface area contributed by atoms with E-state index in [2.05, 4.69) is 12.2 Å². The van der Waals surface area contributed by atoms with Crippen LogP contribution in [0.1, 0.15) is 32.6 Å². The Balaban J connectivity index is 0.000000140. The van der Waals surface area contributed by atoms with Crippen LogP contribution in [0.3, 0.4) is 0 Å². The van der Waals surface area contributed by atoms with Crippen molar-refractivity contribution in [3.05, 3.63) is 12.2 Å². The number of hydrogen-bond acceptors (Lipinski definition) is 2. The SMILES string of the molecule is C1=CC2CCC1C2.CCCS(=O)(=O)O. The number of hydrogen-bond donors (Lipinski definition) is 1. The molecule has 0 aromatic heterocycles. The summed E-state index contributed by atoms with van der Waals surface area (Å²) in [6.45, 7) is 1.69. The molecule has 0 spiro atoms. The monoisotopic (exact) mass is 218 g/mol. The molecule has 2 aliphatic carbocycles. The zero-order valence-corrected chi connectivity index (χ0v) is 9.33. The molecule has 2 rings (SSSR count). The molecule has 1 N–H and O–H groups in total. The quantitative estimate of drug-likeness (QED) is 0.571.